The summed E-state index contributed by atoms with van der Waals surface area (Å²) in [7, 11) is 0. The number of nitrogens with zero attached hydrogens (tertiary/aromatic N) is 2. The van der Waals surface area contributed by atoms with Crippen molar-refractivity contribution in [3.63, 3.8) is 0 Å². The molecular formula is C32H42N4O14S. The number of thioether (sulfide) groups is 1. The molecule has 18 nitrogen and oxygen atoms in total. The molecule has 19 heteroatoms. The number of nitrogens with one attached hydrogen (secondary N) is 1. The van der Waals surface area contributed by atoms with Crippen molar-refractivity contribution in [3.05, 3.63) is 41.0 Å². The van der Waals surface area contributed by atoms with Crippen molar-refractivity contribution in [1.82, 2.24) is 5.32 Å². The molecule has 1 fully saturated rings. The summed E-state index contributed by atoms with van der Waals surface area (Å²) in [5, 5.41) is 7.09. The van der Waals surface area contributed by atoms with Crippen molar-refractivity contribution in [2.45, 2.75) is 96.8 Å². The zero-order valence-corrected chi connectivity index (χ0v) is 29.9. The molecule has 0 bridgehead atoms. The Bertz CT molecular complexity index is 1600. The maximum atomic E-state index is 13.5. The molecule has 0 spiro atoms. The monoisotopic (exact) mass is 738 g/mol. The molecule has 2 aliphatic rings. The van der Waals surface area contributed by atoms with Crippen molar-refractivity contribution >= 4 is 52.3 Å². The van der Waals surface area contributed by atoms with Crippen LogP contribution in [0.3, 0.4) is 0 Å². The molecule has 280 valence electrons. The van der Waals surface area contributed by atoms with E-state index in [0.29, 0.717) is 12.8 Å². The lowest BCUT2D eigenvalue weighted by Crippen LogP contribution is -2.62. The number of carbonyl (C=O) groups excluding carboxylic acids is 5. The third-order valence-electron chi connectivity index (χ3n) is 7.03. The molecule has 0 radical (unpaired) electrons. The van der Waals surface area contributed by atoms with Crippen LogP contribution < -0.4 is 21.4 Å². The molecule has 0 aromatic carbocycles. The highest BCUT2D eigenvalue weighted by Gasteiger charge is 2.54. The first kappa shape index (κ1) is 40.7. The highest BCUT2D eigenvalue weighted by molar-refractivity contribution is 8.16. The van der Waals surface area contributed by atoms with Crippen molar-refractivity contribution in [2.24, 2.45) is 15.9 Å². The average molecular weight is 739 g/mol. The predicted molar refractivity (Wildman–Crippen MR) is 179 cm³/mol. The number of aliphatic imine (C=N–C) groups is 1. The summed E-state index contributed by atoms with van der Waals surface area (Å²) in [6.45, 7) is 11.1. The van der Waals surface area contributed by atoms with Crippen LogP contribution in [0.5, 0.6) is 5.75 Å². The van der Waals surface area contributed by atoms with Gasteiger partial charge in [-0.25, -0.2) is 9.79 Å². The molecule has 0 saturated carbocycles. The summed E-state index contributed by atoms with van der Waals surface area (Å²) in [5.74, 6) is -3.33. The van der Waals surface area contributed by atoms with Gasteiger partial charge in [-0.05, 0) is 13.3 Å². The van der Waals surface area contributed by atoms with E-state index in [9.17, 15) is 28.8 Å². The standard InChI is InChI=1S/C32H42N4O14S/c1-8-10-22(23-12-21(43-11-9-2)13-25(41)48-23)34-31(42)32(33)15-51-29(35-32)16(3)36-50-30-28(47-20(7)40)27(46-19(6)39)26(45-18(5)38)24(49-30)14-44-17(4)37/h9,12-13,22,24,26-28,30H,2,8,10-11,14-15,33H2,1,3-7H3,(H,34,42)/b36-16+/t22-,24-,26-,27+,28-,30-,32+/m1/s1. The maximum absolute atomic E-state index is 13.5. The van der Waals surface area contributed by atoms with Crippen molar-refractivity contribution in [2.75, 3.05) is 19.0 Å². The minimum atomic E-state index is -1.76. The number of rotatable bonds is 16. The van der Waals surface area contributed by atoms with E-state index in [1.54, 1.807) is 0 Å². The summed E-state index contributed by atoms with van der Waals surface area (Å²) >= 11 is 1.10. The fraction of sp³-hybridized carbons (Fsp3) is 0.562. The fourth-order valence-corrected chi connectivity index (χ4v) is 5.94. The first-order valence-electron chi connectivity index (χ1n) is 15.8. The number of ether oxygens (including phenoxy) is 6. The second-order valence-corrected chi connectivity index (χ2v) is 12.4. The predicted octanol–water partition coefficient (Wildman–Crippen LogP) is 1.44. The molecule has 51 heavy (non-hydrogen) atoms. The summed E-state index contributed by atoms with van der Waals surface area (Å²) in [6.07, 6.45) is -4.62. The van der Waals surface area contributed by atoms with Gasteiger partial charge in [-0.3, -0.25) is 29.7 Å². The van der Waals surface area contributed by atoms with Crippen LogP contribution in [0.4, 0.5) is 0 Å². The van der Waals surface area contributed by atoms with Crippen molar-refractivity contribution in [1.29, 1.82) is 0 Å². The molecule has 0 unspecified atom stereocenters. The lowest BCUT2D eigenvalue weighted by Gasteiger charge is -2.42. The van der Waals surface area contributed by atoms with Gasteiger partial charge in [0.05, 0.1) is 12.1 Å². The minimum Gasteiger partial charge on any atom is -0.489 e. The lowest BCUT2D eigenvalue weighted by atomic mass is 9.98. The highest BCUT2D eigenvalue weighted by Crippen LogP contribution is 2.31. The Balaban J connectivity index is 1.86. The number of hydrogen-bond donors (Lipinski definition) is 2. The Labute approximate surface area is 297 Å². The highest BCUT2D eigenvalue weighted by atomic mass is 32.2. The fourth-order valence-electron chi connectivity index (χ4n) is 4.91. The van der Waals surface area contributed by atoms with Gasteiger partial charge < -0.3 is 43.0 Å². The van der Waals surface area contributed by atoms with E-state index in [1.807, 2.05) is 6.92 Å². The number of hydrogen-bond acceptors (Lipinski definition) is 18. The van der Waals surface area contributed by atoms with Crippen LogP contribution in [-0.2, 0) is 52.5 Å². The molecule has 3 rings (SSSR count). The normalized spacial score (nSPS) is 25.0. The van der Waals surface area contributed by atoms with E-state index in [1.165, 1.54) is 25.1 Å². The zero-order chi connectivity index (χ0) is 37.9. The molecule has 1 aromatic rings. The number of amides is 1. The van der Waals surface area contributed by atoms with Crippen molar-refractivity contribution < 1.29 is 61.6 Å². The molecule has 3 heterocycles. The summed E-state index contributed by atoms with van der Waals surface area (Å²) in [6, 6.07) is 1.96. The van der Waals surface area contributed by atoms with Gasteiger partial charge in [0.2, 0.25) is 6.10 Å². The Kier molecular flexibility index (Phi) is 14.7. The first-order chi connectivity index (χ1) is 24.1. The average Bonchev–Trinajstić information content (AvgIpc) is 3.46. The van der Waals surface area contributed by atoms with Crippen LogP contribution in [0.1, 0.15) is 66.2 Å². The van der Waals surface area contributed by atoms with Gasteiger partial charge >= 0.3 is 29.5 Å². The van der Waals surface area contributed by atoms with Gasteiger partial charge in [-0.1, -0.05) is 31.2 Å². The topological polar surface area (TPSA) is 243 Å². The third-order valence-corrected chi connectivity index (χ3v) is 8.28. The van der Waals surface area contributed by atoms with E-state index >= 15 is 0 Å². The van der Waals surface area contributed by atoms with E-state index in [4.69, 9.17) is 43.4 Å². The van der Waals surface area contributed by atoms with Gasteiger partial charge in [0.25, 0.3) is 12.2 Å². The number of nitrogens with two attached hydrogens (primary N) is 1. The van der Waals surface area contributed by atoms with Crippen LogP contribution in [0, 0.1) is 0 Å². The maximum Gasteiger partial charge on any atom is 0.339 e. The van der Waals surface area contributed by atoms with Gasteiger partial charge in [0, 0.05) is 39.5 Å². The second-order valence-electron chi connectivity index (χ2n) is 11.4. The second kappa shape index (κ2) is 18.5. The van der Waals surface area contributed by atoms with Gasteiger partial charge in [-0.2, -0.15) is 0 Å². The molecule has 1 saturated heterocycles. The Hall–Kier alpha value is -4.75. The van der Waals surface area contributed by atoms with Gasteiger partial charge in [-0.15, -0.1) is 11.8 Å². The Morgan fingerprint density at radius 2 is 1.71 bits per heavy atom. The smallest absolute Gasteiger partial charge is 0.339 e. The molecule has 2 aliphatic heterocycles. The van der Waals surface area contributed by atoms with E-state index in [-0.39, 0.29) is 34.6 Å². The molecule has 1 aromatic heterocycles. The minimum absolute atomic E-state index is 0.00531. The SMILES string of the molecule is C=CCOc1cc([C@@H](CCC)NC(=O)[C@]2(N)CSC(/C(C)=N/O[C@H]3O[C@H](COC(C)=O)[C@@H](OC(C)=O)[C@H](OC(C)=O)[C@H]3OC(C)=O)=N2)oc(=O)c1. The molecule has 7 atom stereocenters. The summed E-state index contributed by atoms with van der Waals surface area (Å²) in [4.78, 5) is 83.4. The Morgan fingerprint density at radius 1 is 1.06 bits per heavy atom. The first-order valence-corrected chi connectivity index (χ1v) is 16.8. The summed E-state index contributed by atoms with van der Waals surface area (Å²) < 4.78 is 37.9. The Morgan fingerprint density at radius 3 is 2.31 bits per heavy atom. The van der Waals surface area contributed by atoms with Crippen LogP contribution in [0.25, 0.3) is 0 Å². The largest absolute Gasteiger partial charge is 0.489 e. The quantitative estimate of drug-likeness (QED) is 0.0801. The van der Waals surface area contributed by atoms with Crippen molar-refractivity contribution in [3.8, 4) is 5.75 Å². The molecule has 1 amide bonds. The number of esters is 4. The van der Waals surface area contributed by atoms with E-state index in [0.717, 1.165) is 39.5 Å². The summed E-state index contributed by atoms with van der Waals surface area (Å²) in [5.41, 5.74) is 4.15. The van der Waals surface area contributed by atoms with Crippen LogP contribution >= 0.6 is 11.8 Å². The molecule has 0 aliphatic carbocycles. The third kappa shape index (κ3) is 11.6. The lowest BCUT2D eigenvalue weighted by molar-refractivity contribution is -0.308. The molecular weight excluding hydrogens is 696 g/mol. The number of oxime groups is 1. The van der Waals surface area contributed by atoms with Crippen LogP contribution in [0.15, 0.2) is 44.1 Å². The van der Waals surface area contributed by atoms with Crippen LogP contribution in [0.2, 0.25) is 0 Å². The van der Waals surface area contributed by atoms with E-state index < -0.39 is 84.4 Å². The van der Waals surface area contributed by atoms with Gasteiger partial charge in [0.15, 0.2) is 17.9 Å². The van der Waals surface area contributed by atoms with Crippen LogP contribution in [-0.4, -0.2) is 95.9 Å². The van der Waals surface area contributed by atoms with Gasteiger partial charge in [0.1, 0.15) is 41.6 Å². The molecule has 3 N–H and O–H groups in total. The van der Waals surface area contributed by atoms with E-state index in [2.05, 4.69) is 22.0 Å². The number of carbonyl (C=O) groups is 5. The zero-order valence-electron chi connectivity index (χ0n) is 29.0.